The van der Waals surface area contributed by atoms with Crippen LogP contribution >= 0.6 is 0 Å². The smallest absolute Gasteiger partial charge is 0.323 e. The van der Waals surface area contributed by atoms with Crippen LogP contribution in [-0.2, 0) is 31.9 Å². The molecule has 6 nitrogen and oxygen atoms in total. The first-order valence-corrected chi connectivity index (χ1v) is 9.33. The van der Waals surface area contributed by atoms with Crippen LogP contribution in [-0.4, -0.2) is 40.4 Å². The van der Waals surface area contributed by atoms with E-state index in [4.69, 9.17) is 31.8 Å². The zero-order valence-corrected chi connectivity index (χ0v) is 18.0. The van der Waals surface area contributed by atoms with Crippen molar-refractivity contribution in [3.63, 3.8) is 0 Å². The summed E-state index contributed by atoms with van der Waals surface area (Å²) in [6, 6.07) is 10.1. The van der Waals surface area contributed by atoms with Crippen LogP contribution in [0, 0.1) is 30.1 Å². The van der Waals surface area contributed by atoms with Crippen molar-refractivity contribution in [3.8, 4) is 36.2 Å². The molecule has 0 atom stereocenters. The van der Waals surface area contributed by atoms with E-state index in [1.807, 2.05) is 0 Å². The molecular weight excluding hydrogens is 396 g/mol. The Morgan fingerprint density at radius 1 is 0.774 bits per heavy atom. The van der Waals surface area contributed by atoms with Crippen LogP contribution < -0.4 is 9.47 Å². The maximum atomic E-state index is 13.1. The molecule has 0 spiro atoms. The molecule has 0 fully saturated rings. The molecular formula is C25H24O6. The van der Waals surface area contributed by atoms with Gasteiger partial charge in [-0.25, -0.2) is 0 Å². The van der Waals surface area contributed by atoms with E-state index in [1.165, 1.54) is 28.4 Å². The topological polar surface area (TPSA) is 71.1 Å². The molecule has 2 rings (SSSR count). The number of esters is 2. The average Bonchev–Trinajstić information content (AvgIpc) is 2.82. The first-order chi connectivity index (χ1) is 14.9. The number of rotatable bonds is 8. The Labute approximate surface area is 182 Å². The summed E-state index contributed by atoms with van der Waals surface area (Å²) < 4.78 is 20.6. The number of terminal acetylenes is 2. The highest BCUT2D eigenvalue weighted by molar-refractivity contribution is 6.01. The summed E-state index contributed by atoms with van der Waals surface area (Å²) in [5, 5.41) is 0. The molecule has 2 aromatic carbocycles. The molecule has 0 saturated heterocycles. The van der Waals surface area contributed by atoms with Crippen molar-refractivity contribution in [3.05, 3.63) is 58.7 Å². The number of carbonyl (C=O) groups excluding carboxylic acids is 2. The molecule has 2 aromatic rings. The standard InChI is InChI=1S/C25H24O6/c1-7-17-9-11-21(28-3)13-19(17)15-25(23(26)30-5,24(27)31-6)16-20-14-22(29-4)12-10-18(20)8-2/h1-2,9-14H,15-16H2,3-6H3. The highest BCUT2D eigenvalue weighted by Gasteiger charge is 2.49. The lowest BCUT2D eigenvalue weighted by atomic mass is 9.74. The van der Waals surface area contributed by atoms with Gasteiger partial charge in [-0.2, -0.15) is 0 Å². The fourth-order valence-electron chi connectivity index (χ4n) is 3.44. The molecule has 0 aliphatic carbocycles. The summed E-state index contributed by atoms with van der Waals surface area (Å²) in [6.07, 6.45) is 11.1. The zero-order valence-electron chi connectivity index (χ0n) is 18.0. The molecule has 160 valence electrons. The summed E-state index contributed by atoms with van der Waals surface area (Å²) in [4.78, 5) is 26.1. The first kappa shape index (κ1) is 23.4. The second kappa shape index (κ2) is 10.2. The molecule has 0 radical (unpaired) electrons. The van der Waals surface area contributed by atoms with E-state index in [1.54, 1.807) is 36.4 Å². The van der Waals surface area contributed by atoms with Crippen molar-refractivity contribution in [2.45, 2.75) is 12.8 Å². The van der Waals surface area contributed by atoms with Crippen LogP contribution in [0.4, 0.5) is 0 Å². The quantitative estimate of drug-likeness (QED) is 0.372. The highest BCUT2D eigenvalue weighted by Crippen LogP contribution is 2.35. The van der Waals surface area contributed by atoms with E-state index in [9.17, 15) is 9.59 Å². The van der Waals surface area contributed by atoms with Gasteiger partial charge in [0.1, 0.15) is 11.5 Å². The van der Waals surface area contributed by atoms with Crippen LogP contribution in [0.5, 0.6) is 11.5 Å². The Bertz CT molecular complexity index is 969. The average molecular weight is 420 g/mol. The van der Waals surface area contributed by atoms with Crippen molar-refractivity contribution >= 4 is 11.9 Å². The van der Waals surface area contributed by atoms with Crippen LogP contribution in [0.25, 0.3) is 0 Å². The summed E-state index contributed by atoms with van der Waals surface area (Å²) in [7, 11) is 5.44. The molecule has 0 aliphatic heterocycles. The molecule has 0 bridgehead atoms. The molecule has 0 N–H and O–H groups in total. The largest absolute Gasteiger partial charge is 0.497 e. The summed E-state index contributed by atoms with van der Waals surface area (Å²) in [5.41, 5.74) is 0.409. The summed E-state index contributed by atoms with van der Waals surface area (Å²) >= 11 is 0. The molecule has 0 unspecified atom stereocenters. The minimum atomic E-state index is -1.74. The van der Waals surface area contributed by atoms with E-state index >= 15 is 0 Å². The van der Waals surface area contributed by atoms with Gasteiger partial charge >= 0.3 is 11.9 Å². The van der Waals surface area contributed by atoms with E-state index in [0.717, 1.165) is 0 Å². The lowest BCUT2D eigenvalue weighted by Gasteiger charge is -2.29. The van der Waals surface area contributed by atoms with Crippen LogP contribution in [0.1, 0.15) is 22.3 Å². The number of ether oxygens (including phenoxy) is 4. The summed E-state index contributed by atoms with van der Waals surface area (Å²) in [5.74, 6) is 4.68. The van der Waals surface area contributed by atoms with Gasteiger partial charge in [0.15, 0.2) is 5.41 Å². The van der Waals surface area contributed by atoms with Gasteiger partial charge in [0.2, 0.25) is 0 Å². The van der Waals surface area contributed by atoms with Gasteiger partial charge in [0.25, 0.3) is 0 Å². The first-order valence-electron chi connectivity index (χ1n) is 9.33. The molecule has 31 heavy (non-hydrogen) atoms. The fraction of sp³-hybridized carbons (Fsp3) is 0.280. The van der Waals surface area contributed by atoms with Gasteiger partial charge < -0.3 is 18.9 Å². The number of carbonyl (C=O) groups is 2. The minimum Gasteiger partial charge on any atom is -0.497 e. The van der Waals surface area contributed by atoms with Crippen LogP contribution in [0.2, 0.25) is 0 Å². The van der Waals surface area contributed by atoms with Crippen LogP contribution in [0.15, 0.2) is 36.4 Å². The predicted molar refractivity (Wildman–Crippen MR) is 116 cm³/mol. The van der Waals surface area contributed by atoms with E-state index < -0.39 is 17.4 Å². The Hall–Kier alpha value is -3.90. The lowest BCUT2D eigenvalue weighted by Crippen LogP contribution is -2.45. The van der Waals surface area contributed by atoms with Crippen LogP contribution in [0.3, 0.4) is 0 Å². The number of benzene rings is 2. The summed E-state index contributed by atoms with van der Waals surface area (Å²) in [6.45, 7) is 0. The zero-order chi connectivity index (χ0) is 23.0. The Kier molecular flexibility index (Phi) is 7.71. The Morgan fingerprint density at radius 3 is 1.45 bits per heavy atom. The second-order valence-electron chi connectivity index (χ2n) is 6.75. The van der Waals surface area contributed by atoms with Gasteiger partial charge in [-0.1, -0.05) is 11.8 Å². The molecule has 0 heterocycles. The number of methoxy groups -OCH3 is 4. The lowest BCUT2D eigenvalue weighted by molar-refractivity contribution is -0.169. The maximum absolute atomic E-state index is 13.1. The van der Waals surface area contributed by atoms with Crippen molar-refractivity contribution < 1.29 is 28.5 Å². The number of hydrogen-bond acceptors (Lipinski definition) is 6. The van der Waals surface area contributed by atoms with Crippen molar-refractivity contribution in [2.75, 3.05) is 28.4 Å². The van der Waals surface area contributed by atoms with Gasteiger partial charge in [-0.05, 0) is 47.5 Å². The van der Waals surface area contributed by atoms with E-state index in [-0.39, 0.29) is 12.8 Å². The van der Waals surface area contributed by atoms with Crippen molar-refractivity contribution in [1.82, 2.24) is 0 Å². The predicted octanol–water partition coefficient (Wildman–Crippen LogP) is 2.78. The van der Waals surface area contributed by atoms with E-state index in [2.05, 4.69) is 11.8 Å². The third kappa shape index (κ3) is 4.82. The highest BCUT2D eigenvalue weighted by atomic mass is 16.5. The van der Waals surface area contributed by atoms with Gasteiger partial charge in [-0.15, -0.1) is 12.8 Å². The second-order valence-corrected chi connectivity index (χ2v) is 6.75. The third-order valence-electron chi connectivity index (χ3n) is 5.07. The van der Waals surface area contributed by atoms with Gasteiger partial charge in [0.05, 0.1) is 28.4 Å². The van der Waals surface area contributed by atoms with Gasteiger partial charge in [0, 0.05) is 24.0 Å². The molecule has 6 heteroatoms. The maximum Gasteiger partial charge on any atom is 0.323 e. The van der Waals surface area contributed by atoms with Gasteiger partial charge in [-0.3, -0.25) is 9.59 Å². The SMILES string of the molecule is C#Cc1ccc(OC)cc1CC(Cc1cc(OC)ccc1C#C)(C(=O)OC)C(=O)OC. The Morgan fingerprint density at radius 2 is 1.16 bits per heavy atom. The fourth-order valence-corrected chi connectivity index (χ4v) is 3.44. The molecule has 0 aliphatic rings. The molecule has 0 amide bonds. The van der Waals surface area contributed by atoms with Crippen molar-refractivity contribution in [1.29, 1.82) is 0 Å². The molecule has 0 saturated carbocycles. The molecule has 0 aromatic heterocycles. The van der Waals surface area contributed by atoms with Crippen molar-refractivity contribution in [2.24, 2.45) is 5.41 Å². The number of hydrogen-bond donors (Lipinski definition) is 0. The minimum absolute atomic E-state index is 0.0791. The van der Waals surface area contributed by atoms with E-state index in [0.29, 0.717) is 33.8 Å². The Balaban J connectivity index is 2.72. The normalized spacial score (nSPS) is 10.4. The third-order valence-corrected chi connectivity index (χ3v) is 5.07. The monoisotopic (exact) mass is 420 g/mol.